The molecule has 8 heteroatoms. The summed E-state index contributed by atoms with van der Waals surface area (Å²) in [6.07, 6.45) is 0. The SMILES string of the molecule is O.O=P(O)(O)O.[Ca+2].[Ca+2].[H-].[H-].[H-].[H-]. The van der Waals surface area contributed by atoms with E-state index >= 15 is 0 Å². The van der Waals surface area contributed by atoms with Crippen molar-refractivity contribution in [2.24, 2.45) is 0 Å². The van der Waals surface area contributed by atoms with Gasteiger partial charge in [-0.2, -0.15) is 0 Å². The zero-order valence-electron chi connectivity index (χ0n) is 8.11. The third-order valence-corrected chi connectivity index (χ3v) is 0. The van der Waals surface area contributed by atoms with E-state index in [2.05, 4.69) is 0 Å². The molecule has 0 atom stereocenters. The van der Waals surface area contributed by atoms with Crippen LogP contribution in [0.2, 0.25) is 0 Å². The van der Waals surface area contributed by atoms with Gasteiger partial charge in [-0.05, 0) is 0 Å². The van der Waals surface area contributed by atoms with E-state index in [1.54, 1.807) is 0 Å². The molecule has 0 aliphatic carbocycles. The minimum atomic E-state index is -4.64. The van der Waals surface area contributed by atoms with Gasteiger partial charge in [0.2, 0.25) is 0 Å². The van der Waals surface area contributed by atoms with Crippen molar-refractivity contribution in [1.82, 2.24) is 0 Å². The molecular formula is H9Ca2O5P. The first-order valence-corrected chi connectivity index (χ1v) is 2.35. The summed E-state index contributed by atoms with van der Waals surface area (Å²) in [6.45, 7) is 0. The number of rotatable bonds is 0. The molecule has 0 amide bonds. The summed E-state index contributed by atoms with van der Waals surface area (Å²) >= 11 is 0. The van der Waals surface area contributed by atoms with Crippen LogP contribution in [0.3, 0.4) is 0 Å². The largest absolute Gasteiger partial charge is 2.00 e. The van der Waals surface area contributed by atoms with Gasteiger partial charge in [-0.3, -0.25) is 0 Å². The summed E-state index contributed by atoms with van der Waals surface area (Å²) in [7, 11) is -4.64. The van der Waals surface area contributed by atoms with E-state index in [1.807, 2.05) is 0 Å². The minimum Gasteiger partial charge on any atom is -1.00 e. The van der Waals surface area contributed by atoms with E-state index in [4.69, 9.17) is 19.2 Å². The summed E-state index contributed by atoms with van der Waals surface area (Å²) in [4.78, 5) is 21.6. The van der Waals surface area contributed by atoms with E-state index in [9.17, 15) is 0 Å². The van der Waals surface area contributed by atoms with Crippen molar-refractivity contribution in [2.75, 3.05) is 0 Å². The number of hydrogen-bond acceptors (Lipinski definition) is 1. The van der Waals surface area contributed by atoms with Crippen molar-refractivity contribution < 1.29 is 30.4 Å². The Morgan fingerprint density at radius 2 is 1.12 bits per heavy atom. The van der Waals surface area contributed by atoms with Crippen LogP contribution in [0.15, 0.2) is 0 Å². The maximum absolute atomic E-state index is 8.88. The van der Waals surface area contributed by atoms with Crippen LogP contribution in [-0.2, 0) is 4.57 Å². The molecule has 5 nitrogen and oxygen atoms in total. The van der Waals surface area contributed by atoms with Crippen LogP contribution < -0.4 is 0 Å². The van der Waals surface area contributed by atoms with Gasteiger partial charge in [0.15, 0.2) is 0 Å². The fourth-order valence-corrected chi connectivity index (χ4v) is 0. The molecule has 0 saturated carbocycles. The Balaban J connectivity index is -0.00000000381. The quantitative estimate of drug-likeness (QED) is 0.308. The van der Waals surface area contributed by atoms with Crippen molar-refractivity contribution >= 4 is 83.3 Å². The zero-order valence-corrected chi connectivity index (χ0v) is 9.42. The maximum atomic E-state index is 8.88. The molecule has 0 unspecified atom stereocenters. The van der Waals surface area contributed by atoms with Crippen molar-refractivity contribution in [1.29, 1.82) is 0 Å². The minimum absolute atomic E-state index is 0. The fourth-order valence-electron chi connectivity index (χ4n) is 0. The molecule has 0 spiro atoms. The van der Waals surface area contributed by atoms with Gasteiger partial charge in [-0.25, -0.2) is 4.57 Å². The zero-order chi connectivity index (χ0) is 4.50. The van der Waals surface area contributed by atoms with Crippen molar-refractivity contribution in [3.8, 4) is 0 Å². The molecule has 0 aliphatic heterocycles. The van der Waals surface area contributed by atoms with Gasteiger partial charge in [0.1, 0.15) is 0 Å². The van der Waals surface area contributed by atoms with Crippen molar-refractivity contribution in [3.63, 3.8) is 0 Å². The van der Waals surface area contributed by atoms with Gasteiger partial charge in [-0.1, -0.05) is 0 Å². The van der Waals surface area contributed by atoms with Gasteiger partial charge < -0.3 is 25.9 Å². The molecule has 5 N–H and O–H groups in total. The molecule has 0 aromatic carbocycles. The van der Waals surface area contributed by atoms with E-state index in [0.29, 0.717) is 0 Å². The predicted octanol–water partition coefficient (Wildman–Crippen LogP) is -2.06. The van der Waals surface area contributed by atoms with Gasteiger partial charge in [0.25, 0.3) is 0 Å². The second-order valence-electron chi connectivity index (χ2n) is 0.513. The normalized spacial score (nSPS) is 7.38. The molecule has 0 fully saturated rings. The topological polar surface area (TPSA) is 109 Å². The van der Waals surface area contributed by atoms with Crippen molar-refractivity contribution in [2.45, 2.75) is 0 Å². The van der Waals surface area contributed by atoms with E-state index in [0.717, 1.165) is 0 Å². The third-order valence-electron chi connectivity index (χ3n) is 0. The van der Waals surface area contributed by atoms with Crippen LogP contribution >= 0.6 is 7.82 Å². The monoisotopic (exact) mass is 200 g/mol. The summed E-state index contributed by atoms with van der Waals surface area (Å²) in [5, 5.41) is 0. The van der Waals surface area contributed by atoms with Crippen LogP contribution in [0.4, 0.5) is 0 Å². The first kappa shape index (κ1) is 22.4. The summed E-state index contributed by atoms with van der Waals surface area (Å²) in [5.41, 5.74) is 0. The van der Waals surface area contributed by atoms with Gasteiger partial charge in [0, 0.05) is 0 Å². The Hall–Kier alpha value is 2.59. The molecule has 0 aliphatic rings. The van der Waals surface area contributed by atoms with Gasteiger partial charge in [-0.15, -0.1) is 0 Å². The molecule has 0 heterocycles. The van der Waals surface area contributed by atoms with Crippen LogP contribution in [0.25, 0.3) is 0 Å². The summed E-state index contributed by atoms with van der Waals surface area (Å²) in [5.74, 6) is 0. The van der Waals surface area contributed by atoms with Crippen LogP contribution in [-0.4, -0.2) is 95.6 Å². The van der Waals surface area contributed by atoms with Crippen LogP contribution in [0.1, 0.15) is 5.71 Å². The van der Waals surface area contributed by atoms with Crippen LogP contribution in [0, 0.1) is 0 Å². The van der Waals surface area contributed by atoms with Crippen LogP contribution in [0.5, 0.6) is 0 Å². The molecule has 8 heavy (non-hydrogen) atoms. The Kier molecular flexibility index (Phi) is 26.9. The number of hydrogen-bond donors (Lipinski definition) is 3. The molecular weight excluding hydrogens is 191 g/mol. The standard InChI is InChI=1S/2Ca.H3O4P.H2O.4H/c;;1-5(2,3)4;;;;;/h;;(H3,1,2,3,4);1H2;;;;/q2*+2;;;4*-1. The molecule has 0 bridgehead atoms. The Labute approximate surface area is 112 Å². The average Bonchev–Trinajstić information content (AvgIpc) is 0.722. The average molecular weight is 200 g/mol. The second kappa shape index (κ2) is 9.59. The molecule has 0 aromatic heterocycles. The molecule has 0 radical (unpaired) electrons. The maximum Gasteiger partial charge on any atom is 2.00 e. The molecule has 0 rings (SSSR count). The first-order valence-electron chi connectivity index (χ1n) is 0.783. The van der Waals surface area contributed by atoms with Crippen molar-refractivity contribution in [3.05, 3.63) is 0 Å². The Bertz CT molecular complexity index is 67.6. The number of phosphoric acid groups is 1. The fraction of sp³-hybridized carbons (Fsp3) is 0. The van der Waals surface area contributed by atoms with E-state index < -0.39 is 7.82 Å². The van der Waals surface area contributed by atoms with E-state index in [-0.39, 0.29) is 86.7 Å². The molecule has 48 valence electrons. The Morgan fingerprint density at radius 3 is 1.12 bits per heavy atom. The van der Waals surface area contributed by atoms with E-state index in [1.165, 1.54) is 0 Å². The second-order valence-corrected chi connectivity index (χ2v) is 1.54. The Morgan fingerprint density at radius 1 is 1.12 bits per heavy atom. The molecule has 0 aromatic rings. The third kappa shape index (κ3) is 73.8. The smallest absolute Gasteiger partial charge is 1.00 e. The summed E-state index contributed by atoms with van der Waals surface area (Å²) in [6, 6.07) is 0. The van der Waals surface area contributed by atoms with Gasteiger partial charge in [0.05, 0.1) is 0 Å². The van der Waals surface area contributed by atoms with Gasteiger partial charge >= 0.3 is 83.3 Å². The first-order chi connectivity index (χ1) is 2.00. The predicted molar refractivity (Wildman–Crippen MR) is 33.8 cm³/mol. The summed E-state index contributed by atoms with van der Waals surface area (Å²) < 4.78 is 8.88. The molecule has 0 saturated heterocycles.